The lowest BCUT2D eigenvalue weighted by atomic mass is 10.2. The molecule has 2 aromatic rings. The van der Waals surface area contributed by atoms with Gasteiger partial charge in [0.1, 0.15) is 17.5 Å². The van der Waals surface area contributed by atoms with Crippen LogP contribution >= 0.6 is 0 Å². The number of benzene rings is 1. The minimum atomic E-state index is -0.764. The molecule has 1 amide bonds. The van der Waals surface area contributed by atoms with Gasteiger partial charge in [-0.25, -0.2) is 13.8 Å². The van der Waals surface area contributed by atoms with Gasteiger partial charge in [-0.1, -0.05) is 0 Å². The highest BCUT2D eigenvalue weighted by molar-refractivity contribution is 6.04. The van der Waals surface area contributed by atoms with Gasteiger partial charge in [-0.15, -0.1) is 0 Å². The molecule has 0 saturated carbocycles. The summed E-state index contributed by atoms with van der Waals surface area (Å²) in [6.07, 6.45) is 1.37. The van der Waals surface area contributed by atoms with Gasteiger partial charge >= 0.3 is 0 Å². The molecule has 0 spiro atoms. The van der Waals surface area contributed by atoms with Gasteiger partial charge < -0.3 is 11.1 Å². The van der Waals surface area contributed by atoms with Gasteiger partial charge in [-0.2, -0.15) is 0 Å². The van der Waals surface area contributed by atoms with Crippen molar-refractivity contribution in [3.8, 4) is 0 Å². The van der Waals surface area contributed by atoms with E-state index in [-0.39, 0.29) is 17.1 Å². The lowest BCUT2D eigenvalue weighted by molar-refractivity contribution is 0.102. The van der Waals surface area contributed by atoms with E-state index in [2.05, 4.69) is 10.3 Å². The van der Waals surface area contributed by atoms with Gasteiger partial charge in [0.15, 0.2) is 0 Å². The molecule has 3 N–H and O–H groups in total. The number of hydrogen-bond donors (Lipinski definition) is 2. The van der Waals surface area contributed by atoms with E-state index in [1.165, 1.54) is 18.3 Å². The number of halogens is 2. The zero-order valence-corrected chi connectivity index (χ0v) is 9.15. The average Bonchev–Trinajstić information content (AvgIpc) is 2.27. The van der Waals surface area contributed by atoms with Crippen LogP contribution in [0.5, 0.6) is 0 Å². The molecule has 0 radical (unpaired) electrons. The second-order valence-corrected chi connectivity index (χ2v) is 3.58. The molecule has 6 heteroatoms. The third-order valence-electron chi connectivity index (χ3n) is 2.16. The van der Waals surface area contributed by atoms with Crippen LogP contribution in [0.25, 0.3) is 0 Å². The first kappa shape index (κ1) is 12.0. The summed E-state index contributed by atoms with van der Waals surface area (Å²) in [5, 5.41) is 2.36. The van der Waals surface area contributed by atoms with E-state index in [0.29, 0.717) is 0 Å². The minimum absolute atomic E-state index is 0.0351. The first-order valence-electron chi connectivity index (χ1n) is 5.03. The van der Waals surface area contributed by atoms with E-state index in [1.54, 1.807) is 0 Å². The first-order valence-corrected chi connectivity index (χ1v) is 5.03. The molecule has 1 aromatic heterocycles. The maximum absolute atomic E-state index is 12.9. The Morgan fingerprint density at radius 2 is 1.83 bits per heavy atom. The Kier molecular flexibility index (Phi) is 3.18. The van der Waals surface area contributed by atoms with Crippen molar-refractivity contribution in [2.75, 3.05) is 11.1 Å². The van der Waals surface area contributed by atoms with E-state index in [0.717, 1.165) is 18.2 Å². The predicted molar refractivity (Wildman–Crippen MR) is 63.0 cm³/mol. The number of rotatable bonds is 2. The van der Waals surface area contributed by atoms with E-state index < -0.39 is 17.5 Å². The van der Waals surface area contributed by atoms with E-state index in [4.69, 9.17) is 5.73 Å². The zero-order valence-electron chi connectivity index (χ0n) is 9.15. The van der Waals surface area contributed by atoms with E-state index >= 15 is 0 Å². The van der Waals surface area contributed by atoms with Crippen LogP contribution in [0.1, 0.15) is 10.4 Å². The van der Waals surface area contributed by atoms with Crippen LogP contribution in [-0.4, -0.2) is 10.9 Å². The van der Waals surface area contributed by atoms with Crippen molar-refractivity contribution in [2.24, 2.45) is 0 Å². The molecule has 0 aliphatic carbocycles. The number of hydrogen-bond acceptors (Lipinski definition) is 3. The number of nitrogens with zero attached hydrogens (tertiary/aromatic N) is 1. The maximum Gasteiger partial charge on any atom is 0.255 e. The van der Waals surface area contributed by atoms with Crippen molar-refractivity contribution in [3.63, 3.8) is 0 Å². The molecule has 18 heavy (non-hydrogen) atoms. The summed E-state index contributed by atoms with van der Waals surface area (Å²) in [7, 11) is 0. The predicted octanol–water partition coefficient (Wildman–Crippen LogP) is 2.19. The lowest BCUT2D eigenvalue weighted by Gasteiger charge is -2.05. The van der Waals surface area contributed by atoms with Crippen molar-refractivity contribution in [1.29, 1.82) is 0 Å². The molecule has 0 saturated heterocycles. The summed E-state index contributed by atoms with van der Waals surface area (Å²) in [4.78, 5) is 15.5. The van der Waals surface area contributed by atoms with Gasteiger partial charge in [0.05, 0.1) is 0 Å². The molecule has 0 unspecified atom stereocenters. The Hall–Kier alpha value is -2.50. The summed E-state index contributed by atoms with van der Waals surface area (Å²) >= 11 is 0. The molecule has 0 aliphatic heterocycles. The third kappa shape index (κ3) is 2.79. The van der Waals surface area contributed by atoms with Crippen LogP contribution in [0.3, 0.4) is 0 Å². The molecule has 0 atom stereocenters. The molecular weight excluding hydrogens is 240 g/mol. The monoisotopic (exact) mass is 249 g/mol. The quantitative estimate of drug-likeness (QED) is 0.857. The number of anilines is 2. The molecule has 0 bridgehead atoms. The molecule has 1 aromatic carbocycles. The number of pyridine rings is 1. The SMILES string of the molecule is Nc1cc(C(=O)Nc2cc(F)cc(F)c2)ccn1. The van der Waals surface area contributed by atoms with Crippen molar-refractivity contribution in [1.82, 2.24) is 4.98 Å². The van der Waals surface area contributed by atoms with Gasteiger partial charge in [0, 0.05) is 23.5 Å². The Balaban J connectivity index is 2.21. The van der Waals surface area contributed by atoms with Gasteiger partial charge in [0.2, 0.25) is 0 Å². The van der Waals surface area contributed by atoms with Crippen LogP contribution in [0.4, 0.5) is 20.3 Å². The Bertz CT molecular complexity index is 581. The van der Waals surface area contributed by atoms with Gasteiger partial charge in [0.25, 0.3) is 5.91 Å². The van der Waals surface area contributed by atoms with E-state index in [1.807, 2.05) is 0 Å². The number of nitrogens with two attached hydrogens (primary N) is 1. The molecule has 4 nitrogen and oxygen atoms in total. The normalized spacial score (nSPS) is 10.1. The fourth-order valence-corrected chi connectivity index (χ4v) is 1.42. The molecule has 1 heterocycles. The van der Waals surface area contributed by atoms with Crippen LogP contribution in [0, 0.1) is 11.6 Å². The molecular formula is C12H9F2N3O. The average molecular weight is 249 g/mol. The Labute approximate surface area is 101 Å². The number of nitrogens with one attached hydrogen (secondary N) is 1. The minimum Gasteiger partial charge on any atom is -0.384 e. The van der Waals surface area contributed by atoms with Crippen molar-refractivity contribution in [3.05, 3.63) is 53.7 Å². The van der Waals surface area contributed by atoms with Crippen LogP contribution < -0.4 is 11.1 Å². The summed E-state index contributed by atoms with van der Waals surface area (Å²) in [5.74, 6) is -1.86. The highest BCUT2D eigenvalue weighted by atomic mass is 19.1. The second-order valence-electron chi connectivity index (χ2n) is 3.58. The number of nitrogen functional groups attached to an aromatic ring is 1. The summed E-state index contributed by atoms with van der Waals surface area (Å²) in [5.41, 5.74) is 5.72. The summed E-state index contributed by atoms with van der Waals surface area (Å²) < 4.78 is 25.8. The second kappa shape index (κ2) is 4.79. The Morgan fingerprint density at radius 1 is 1.17 bits per heavy atom. The smallest absolute Gasteiger partial charge is 0.255 e. The van der Waals surface area contributed by atoms with Gasteiger partial charge in [-0.3, -0.25) is 4.79 Å². The molecule has 0 fully saturated rings. The highest BCUT2D eigenvalue weighted by Crippen LogP contribution is 2.14. The fraction of sp³-hybridized carbons (Fsp3) is 0. The first-order chi connectivity index (χ1) is 8.54. The molecule has 2 rings (SSSR count). The van der Waals surface area contributed by atoms with Crippen molar-refractivity contribution in [2.45, 2.75) is 0 Å². The van der Waals surface area contributed by atoms with Crippen LogP contribution in [-0.2, 0) is 0 Å². The number of aromatic nitrogens is 1. The molecule has 0 aliphatic rings. The maximum atomic E-state index is 12.9. The number of carbonyl (C=O) groups excluding carboxylic acids is 1. The van der Waals surface area contributed by atoms with Gasteiger partial charge in [-0.05, 0) is 24.3 Å². The number of amides is 1. The van der Waals surface area contributed by atoms with Crippen molar-refractivity contribution < 1.29 is 13.6 Å². The largest absolute Gasteiger partial charge is 0.384 e. The standard InChI is InChI=1S/C12H9F2N3O/c13-8-4-9(14)6-10(5-8)17-12(18)7-1-2-16-11(15)3-7/h1-6H,(H2,15,16)(H,17,18). The van der Waals surface area contributed by atoms with Crippen LogP contribution in [0.2, 0.25) is 0 Å². The highest BCUT2D eigenvalue weighted by Gasteiger charge is 2.08. The van der Waals surface area contributed by atoms with Crippen LogP contribution in [0.15, 0.2) is 36.5 Å². The third-order valence-corrected chi connectivity index (χ3v) is 2.16. The van der Waals surface area contributed by atoms with Crippen molar-refractivity contribution >= 4 is 17.4 Å². The fourth-order valence-electron chi connectivity index (χ4n) is 1.42. The Morgan fingerprint density at radius 3 is 2.44 bits per heavy atom. The number of carbonyl (C=O) groups is 1. The summed E-state index contributed by atoms with van der Waals surface area (Å²) in [6.45, 7) is 0. The summed E-state index contributed by atoms with van der Waals surface area (Å²) in [6, 6.07) is 5.57. The zero-order chi connectivity index (χ0) is 13.1. The topological polar surface area (TPSA) is 68.0 Å². The van der Waals surface area contributed by atoms with E-state index in [9.17, 15) is 13.6 Å². The lowest BCUT2D eigenvalue weighted by Crippen LogP contribution is -2.12. The molecule has 92 valence electrons.